The van der Waals surface area contributed by atoms with Gasteiger partial charge in [0, 0.05) is 12.1 Å². The largest absolute Gasteiger partial charge is 0.462 e. The number of ether oxygens (including phenoxy) is 1. The van der Waals surface area contributed by atoms with Crippen LogP contribution in [-0.2, 0) is 19.4 Å². The van der Waals surface area contributed by atoms with E-state index in [4.69, 9.17) is 4.74 Å². The van der Waals surface area contributed by atoms with Crippen molar-refractivity contribution in [2.45, 2.75) is 55.7 Å². The van der Waals surface area contributed by atoms with Crippen molar-refractivity contribution >= 4 is 21.5 Å². The minimum atomic E-state index is -3.72. The molecule has 28 heavy (non-hydrogen) atoms. The fourth-order valence-corrected chi connectivity index (χ4v) is 4.22. The number of nitrogens with one attached hydrogen (secondary N) is 1. The third-order valence-corrected chi connectivity index (χ3v) is 6.36. The van der Waals surface area contributed by atoms with Gasteiger partial charge >= 0.3 is 5.97 Å². The van der Waals surface area contributed by atoms with Crippen LogP contribution in [0.15, 0.2) is 65.6 Å². The van der Waals surface area contributed by atoms with Crippen molar-refractivity contribution in [3.63, 3.8) is 0 Å². The Morgan fingerprint density at radius 1 is 0.929 bits per heavy atom. The second-order valence-electron chi connectivity index (χ2n) is 6.70. The van der Waals surface area contributed by atoms with Crippen LogP contribution in [0.5, 0.6) is 0 Å². The van der Waals surface area contributed by atoms with Crippen LogP contribution in [-0.4, -0.2) is 26.4 Å². The summed E-state index contributed by atoms with van der Waals surface area (Å²) in [6.45, 7) is 1.90. The molecule has 152 valence electrons. The minimum absolute atomic E-state index is 0.194. The molecule has 0 saturated heterocycles. The summed E-state index contributed by atoms with van der Waals surface area (Å²) in [7, 11) is -3.72. The minimum Gasteiger partial charge on any atom is -0.462 e. The molecule has 0 radical (unpaired) electrons. The zero-order valence-electron chi connectivity index (χ0n) is 16.3. The molecule has 1 unspecified atom stereocenters. The normalized spacial score (nSPS) is 12.3. The van der Waals surface area contributed by atoms with E-state index in [0.29, 0.717) is 12.1 Å². The van der Waals surface area contributed by atoms with Gasteiger partial charge in [-0.05, 0) is 30.7 Å². The number of carbonyl (C=O) groups excluding carboxylic acids is 1. The van der Waals surface area contributed by atoms with Crippen molar-refractivity contribution in [2.24, 2.45) is 0 Å². The quantitative estimate of drug-likeness (QED) is 0.407. The second-order valence-corrected chi connectivity index (χ2v) is 8.83. The first kappa shape index (κ1) is 22.0. The summed E-state index contributed by atoms with van der Waals surface area (Å²) in [5, 5.41) is 1.94. The molecule has 1 atom stereocenters. The van der Waals surface area contributed by atoms with Crippen molar-refractivity contribution in [3.05, 3.63) is 60.7 Å². The standard InChI is InChI=1S/C22H29NO4S/c1-2-3-4-5-12-17-22(24)27-18-21(23-19-13-8-6-9-14-19)28(25,26)20-15-10-7-11-16-20/h6-11,13-16,21,23H,2-5,12,17-18H2,1H3. The van der Waals surface area contributed by atoms with Gasteiger partial charge in [-0.1, -0.05) is 69.0 Å². The van der Waals surface area contributed by atoms with Crippen molar-refractivity contribution < 1.29 is 17.9 Å². The molecule has 0 spiro atoms. The lowest BCUT2D eigenvalue weighted by Crippen LogP contribution is -2.35. The van der Waals surface area contributed by atoms with Crippen LogP contribution in [0, 0.1) is 0 Å². The Hall–Kier alpha value is -2.34. The Bertz CT molecular complexity index is 807. The zero-order valence-corrected chi connectivity index (χ0v) is 17.2. The lowest BCUT2D eigenvalue weighted by atomic mass is 10.1. The molecule has 2 aromatic rings. The highest BCUT2D eigenvalue weighted by Crippen LogP contribution is 2.19. The number of hydrogen-bond donors (Lipinski definition) is 1. The van der Waals surface area contributed by atoms with Gasteiger partial charge in [-0.25, -0.2) is 8.42 Å². The van der Waals surface area contributed by atoms with Crippen LogP contribution < -0.4 is 5.32 Å². The average molecular weight is 404 g/mol. The van der Waals surface area contributed by atoms with Gasteiger partial charge in [-0.3, -0.25) is 4.79 Å². The molecule has 5 nitrogen and oxygen atoms in total. The summed E-state index contributed by atoms with van der Waals surface area (Å²) in [4.78, 5) is 12.2. The van der Waals surface area contributed by atoms with E-state index in [-0.39, 0.29) is 17.5 Å². The molecule has 0 aliphatic carbocycles. The molecule has 0 aliphatic heterocycles. The highest BCUT2D eigenvalue weighted by molar-refractivity contribution is 7.92. The predicted molar refractivity (Wildman–Crippen MR) is 112 cm³/mol. The predicted octanol–water partition coefficient (Wildman–Crippen LogP) is 4.80. The lowest BCUT2D eigenvalue weighted by molar-refractivity contribution is -0.143. The molecule has 1 N–H and O–H groups in total. The number of anilines is 1. The first-order valence-corrected chi connectivity index (χ1v) is 11.3. The topological polar surface area (TPSA) is 72.5 Å². The molecule has 0 fully saturated rings. The molecule has 6 heteroatoms. The van der Waals surface area contributed by atoms with Gasteiger partial charge in [0.1, 0.15) is 6.61 Å². The zero-order chi connectivity index (χ0) is 20.2. The van der Waals surface area contributed by atoms with Gasteiger partial charge in [0.25, 0.3) is 0 Å². The Morgan fingerprint density at radius 2 is 1.54 bits per heavy atom. The maximum absolute atomic E-state index is 13.0. The molecule has 0 amide bonds. The lowest BCUT2D eigenvalue weighted by Gasteiger charge is -2.20. The van der Waals surface area contributed by atoms with Crippen LogP contribution in [0.25, 0.3) is 0 Å². The van der Waals surface area contributed by atoms with E-state index in [1.54, 1.807) is 42.5 Å². The monoisotopic (exact) mass is 403 g/mol. The maximum atomic E-state index is 13.0. The summed E-state index contributed by atoms with van der Waals surface area (Å²) in [5.74, 6) is -0.361. The Kier molecular flexibility index (Phi) is 9.01. The van der Waals surface area contributed by atoms with E-state index in [1.807, 2.05) is 18.2 Å². The average Bonchev–Trinajstić information content (AvgIpc) is 2.72. The first-order valence-electron chi connectivity index (χ1n) is 9.80. The summed E-state index contributed by atoms with van der Waals surface area (Å²) >= 11 is 0. The number of sulfone groups is 1. The molecular weight excluding hydrogens is 374 g/mol. The maximum Gasteiger partial charge on any atom is 0.305 e. The Balaban J connectivity index is 2.02. The van der Waals surface area contributed by atoms with Gasteiger partial charge < -0.3 is 10.1 Å². The molecule has 0 bridgehead atoms. The highest BCUT2D eigenvalue weighted by atomic mass is 32.2. The number of benzene rings is 2. The van der Waals surface area contributed by atoms with E-state index in [0.717, 1.165) is 32.1 Å². The molecule has 0 saturated carbocycles. The number of rotatable bonds is 12. The molecule has 0 aromatic heterocycles. The number of unbranched alkanes of at least 4 members (excludes halogenated alkanes) is 4. The number of para-hydroxylation sites is 1. The third kappa shape index (κ3) is 7.00. The smallest absolute Gasteiger partial charge is 0.305 e. The number of carbonyl (C=O) groups is 1. The van der Waals surface area contributed by atoms with Gasteiger partial charge in [-0.15, -0.1) is 0 Å². The highest BCUT2D eigenvalue weighted by Gasteiger charge is 2.28. The van der Waals surface area contributed by atoms with Crippen LogP contribution >= 0.6 is 0 Å². The van der Waals surface area contributed by atoms with Crippen molar-refractivity contribution in [1.29, 1.82) is 0 Å². The van der Waals surface area contributed by atoms with Gasteiger partial charge in [0.2, 0.25) is 9.84 Å². The molecular formula is C22H29NO4S. The number of esters is 1. The van der Waals surface area contributed by atoms with E-state index >= 15 is 0 Å². The van der Waals surface area contributed by atoms with Crippen LogP contribution in [0.4, 0.5) is 5.69 Å². The number of hydrogen-bond acceptors (Lipinski definition) is 5. The molecule has 2 aromatic carbocycles. The van der Waals surface area contributed by atoms with E-state index in [9.17, 15) is 13.2 Å². The molecule has 0 aliphatic rings. The summed E-state index contributed by atoms with van der Waals surface area (Å²) < 4.78 is 31.4. The molecule has 2 rings (SSSR count). The van der Waals surface area contributed by atoms with Crippen molar-refractivity contribution in [2.75, 3.05) is 11.9 Å². The second kappa shape index (κ2) is 11.5. The first-order chi connectivity index (χ1) is 13.5. The summed E-state index contributed by atoms with van der Waals surface area (Å²) in [6, 6.07) is 17.3. The van der Waals surface area contributed by atoms with Crippen molar-refractivity contribution in [1.82, 2.24) is 0 Å². The van der Waals surface area contributed by atoms with Crippen molar-refractivity contribution in [3.8, 4) is 0 Å². The summed E-state index contributed by atoms with van der Waals surface area (Å²) in [6.07, 6.45) is 5.47. The van der Waals surface area contributed by atoms with E-state index in [1.165, 1.54) is 0 Å². The molecule has 0 heterocycles. The van der Waals surface area contributed by atoms with Crippen LogP contribution in [0.1, 0.15) is 45.4 Å². The van der Waals surface area contributed by atoms with Crippen LogP contribution in [0.2, 0.25) is 0 Å². The Labute approximate surface area is 168 Å². The fourth-order valence-electron chi connectivity index (χ4n) is 2.82. The van der Waals surface area contributed by atoms with E-state index in [2.05, 4.69) is 12.2 Å². The summed E-state index contributed by atoms with van der Waals surface area (Å²) in [5.41, 5.74) is 0.655. The third-order valence-electron chi connectivity index (χ3n) is 4.43. The van der Waals surface area contributed by atoms with Gasteiger partial charge in [0.05, 0.1) is 4.90 Å². The van der Waals surface area contributed by atoms with Gasteiger partial charge in [-0.2, -0.15) is 0 Å². The fraction of sp³-hybridized carbons (Fsp3) is 0.409. The van der Waals surface area contributed by atoms with E-state index < -0.39 is 15.2 Å². The SMILES string of the molecule is CCCCCCCC(=O)OCC(Nc1ccccc1)S(=O)(=O)c1ccccc1. The van der Waals surface area contributed by atoms with Crippen LogP contribution in [0.3, 0.4) is 0 Å². The van der Waals surface area contributed by atoms with Gasteiger partial charge in [0.15, 0.2) is 5.37 Å². The Morgan fingerprint density at radius 3 is 2.18 bits per heavy atom.